The van der Waals surface area contributed by atoms with Crippen molar-refractivity contribution in [3.8, 4) is 0 Å². The molecule has 0 saturated heterocycles. The van der Waals surface area contributed by atoms with Crippen LogP contribution in [0, 0.1) is 0 Å². The Morgan fingerprint density at radius 1 is 1.36 bits per heavy atom. The Kier molecular flexibility index (Phi) is 4.44. The zero-order valence-electron chi connectivity index (χ0n) is 8.09. The van der Waals surface area contributed by atoms with Crippen LogP contribution in [0.2, 0.25) is 0 Å². The highest BCUT2D eigenvalue weighted by atomic mass is 16.7. The average Bonchev–Trinajstić information content (AvgIpc) is 2.25. The molecule has 1 amide bonds. The molecule has 3 nitrogen and oxygen atoms in total. The lowest BCUT2D eigenvalue weighted by atomic mass is 10.2. The van der Waals surface area contributed by atoms with Gasteiger partial charge in [0.1, 0.15) is 0 Å². The molecular formula is C11H13NO2. The third kappa shape index (κ3) is 3.41. The van der Waals surface area contributed by atoms with Crippen LogP contribution in [0.25, 0.3) is 6.08 Å². The van der Waals surface area contributed by atoms with Gasteiger partial charge in [-0.25, -0.2) is 0 Å². The van der Waals surface area contributed by atoms with Crippen molar-refractivity contribution in [2.45, 2.75) is 6.92 Å². The van der Waals surface area contributed by atoms with E-state index in [9.17, 15) is 4.79 Å². The first-order chi connectivity index (χ1) is 6.86. The second-order valence-corrected chi connectivity index (χ2v) is 2.61. The molecule has 0 bridgehead atoms. The number of amides is 1. The molecule has 1 rings (SSSR count). The fourth-order valence-corrected chi connectivity index (χ4v) is 0.981. The number of hydroxylamine groups is 2. The van der Waals surface area contributed by atoms with Crippen LogP contribution in [-0.4, -0.2) is 18.1 Å². The van der Waals surface area contributed by atoms with Crippen LogP contribution in [0.4, 0.5) is 0 Å². The molecular weight excluding hydrogens is 178 g/mol. The first-order valence-corrected chi connectivity index (χ1v) is 4.46. The summed E-state index contributed by atoms with van der Waals surface area (Å²) in [6, 6.07) is 9.71. The number of carbonyl (C=O) groups excluding carboxylic acids is 1. The van der Waals surface area contributed by atoms with Crippen LogP contribution >= 0.6 is 0 Å². The predicted octanol–water partition coefficient (Wildman–Crippen LogP) is 2.07. The second-order valence-electron chi connectivity index (χ2n) is 2.61. The van der Waals surface area contributed by atoms with Crippen LogP contribution in [0.1, 0.15) is 12.5 Å². The van der Waals surface area contributed by atoms with Crippen molar-refractivity contribution < 1.29 is 9.63 Å². The smallest absolute Gasteiger partial charge is 0.237 e. The molecule has 0 saturated carbocycles. The molecule has 0 radical (unpaired) electrons. The molecule has 74 valence electrons. The van der Waals surface area contributed by atoms with E-state index in [-0.39, 0.29) is 0 Å². The molecule has 1 aromatic carbocycles. The maximum absolute atomic E-state index is 10.5. The van der Waals surface area contributed by atoms with Gasteiger partial charge in [-0.1, -0.05) is 30.3 Å². The highest BCUT2D eigenvalue weighted by Gasteiger charge is 1.92. The molecule has 0 unspecified atom stereocenters. The molecule has 0 aliphatic carbocycles. The SMILES string of the molecule is CCON(C=O)C=Cc1ccccc1. The molecule has 3 heteroatoms. The number of rotatable bonds is 5. The highest BCUT2D eigenvalue weighted by Crippen LogP contribution is 2.01. The Bertz CT molecular complexity index is 295. The summed E-state index contributed by atoms with van der Waals surface area (Å²) in [5.74, 6) is 0. The summed E-state index contributed by atoms with van der Waals surface area (Å²) in [6.45, 7) is 2.30. The van der Waals surface area contributed by atoms with E-state index in [1.54, 1.807) is 6.20 Å². The van der Waals surface area contributed by atoms with E-state index >= 15 is 0 Å². The minimum absolute atomic E-state index is 0.470. The lowest BCUT2D eigenvalue weighted by molar-refractivity contribution is -0.153. The average molecular weight is 191 g/mol. The molecule has 0 aliphatic rings. The summed E-state index contributed by atoms with van der Waals surface area (Å²) in [6.07, 6.45) is 4.03. The van der Waals surface area contributed by atoms with Crippen LogP contribution in [0.5, 0.6) is 0 Å². The van der Waals surface area contributed by atoms with Crippen LogP contribution in [-0.2, 0) is 9.63 Å². The number of hydrogen-bond acceptors (Lipinski definition) is 2. The largest absolute Gasteiger partial charge is 0.276 e. The van der Waals surface area contributed by atoms with E-state index in [1.807, 2.05) is 43.3 Å². The Balaban J connectivity index is 2.58. The number of benzene rings is 1. The van der Waals surface area contributed by atoms with Crippen molar-refractivity contribution in [2.75, 3.05) is 6.61 Å². The van der Waals surface area contributed by atoms with E-state index in [1.165, 1.54) is 0 Å². The Morgan fingerprint density at radius 2 is 2.07 bits per heavy atom. The van der Waals surface area contributed by atoms with Crippen molar-refractivity contribution >= 4 is 12.5 Å². The van der Waals surface area contributed by atoms with Gasteiger partial charge < -0.3 is 0 Å². The third-order valence-electron chi connectivity index (χ3n) is 1.60. The minimum Gasteiger partial charge on any atom is -0.276 e. The molecule has 0 heterocycles. The zero-order valence-corrected chi connectivity index (χ0v) is 8.09. The molecule has 0 spiro atoms. The Hall–Kier alpha value is -1.61. The summed E-state index contributed by atoms with van der Waals surface area (Å²) >= 11 is 0. The summed E-state index contributed by atoms with van der Waals surface area (Å²) < 4.78 is 0. The fraction of sp³-hybridized carbons (Fsp3) is 0.182. The molecule has 14 heavy (non-hydrogen) atoms. The first kappa shape index (κ1) is 10.5. The summed E-state index contributed by atoms with van der Waals surface area (Å²) in [4.78, 5) is 15.5. The van der Waals surface area contributed by atoms with Gasteiger partial charge in [-0.2, -0.15) is 5.06 Å². The van der Waals surface area contributed by atoms with E-state index in [0.717, 1.165) is 10.6 Å². The van der Waals surface area contributed by atoms with Crippen LogP contribution < -0.4 is 0 Å². The van der Waals surface area contributed by atoms with Gasteiger partial charge in [0.2, 0.25) is 6.41 Å². The van der Waals surface area contributed by atoms with E-state index in [2.05, 4.69) is 0 Å². The van der Waals surface area contributed by atoms with Crippen molar-refractivity contribution in [3.05, 3.63) is 42.1 Å². The van der Waals surface area contributed by atoms with Crippen molar-refractivity contribution in [1.82, 2.24) is 5.06 Å². The van der Waals surface area contributed by atoms with Crippen LogP contribution in [0.15, 0.2) is 36.5 Å². The second kappa shape index (κ2) is 5.94. The monoisotopic (exact) mass is 191 g/mol. The van der Waals surface area contributed by atoms with Crippen molar-refractivity contribution in [1.29, 1.82) is 0 Å². The van der Waals surface area contributed by atoms with Gasteiger partial charge in [-0.3, -0.25) is 9.63 Å². The maximum Gasteiger partial charge on any atom is 0.237 e. The van der Waals surface area contributed by atoms with Gasteiger partial charge >= 0.3 is 0 Å². The summed E-state index contributed by atoms with van der Waals surface area (Å²) in [7, 11) is 0. The maximum atomic E-state index is 10.5. The first-order valence-electron chi connectivity index (χ1n) is 4.46. The third-order valence-corrected chi connectivity index (χ3v) is 1.60. The molecule has 0 atom stereocenters. The lowest BCUT2D eigenvalue weighted by Crippen LogP contribution is -2.14. The lowest BCUT2D eigenvalue weighted by Gasteiger charge is -2.09. The molecule has 0 aromatic heterocycles. The fourth-order valence-electron chi connectivity index (χ4n) is 0.981. The van der Waals surface area contributed by atoms with Gasteiger partial charge in [-0.15, -0.1) is 0 Å². The topological polar surface area (TPSA) is 29.5 Å². The molecule has 1 aromatic rings. The van der Waals surface area contributed by atoms with E-state index in [0.29, 0.717) is 13.0 Å². The minimum atomic E-state index is 0.470. The molecule has 0 fully saturated rings. The van der Waals surface area contributed by atoms with Crippen molar-refractivity contribution in [3.63, 3.8) is 0 Å². The van der Waals surface area contributed by atoms with Gasteiger partial charge in [0.05, 0.1) is 6.61 Å². The van der Waals surface area contributed by atoms with Gasteiger partial charge in [0.25, 0.3) is 0 Å². The van der Waals surface area contributed by atoms with E-state index in [4.69, 9.17) is 4.84 Å². The van der Waals surface area contributed by atoms with Crippen molar-refractivity contribution in [2.24, 2.45) is 0 Å². The molecule has 0 aliphatic heterocycles. The Morgan fingerprint density at radius 3 is 2.64 bits per heavy atom. The summed E-state index contributed by atoms with van der Waals surface area (Å²) in [5.41, 5.74) is 1.03. The normalized spacial score (nSPS) is 10.4. The Labute approximate surface area is 83.6 Å². The van der Waals surface area contributed by atoms with E-state index < -0.39 is 0 Å². The standard InChI is InChI=1S/C11H13NO2/c1-2-14-12(10-13)9-8-11-6-4-3-5-7-11/h3-10H,2H2,1H3. The highest BCUT2D eigenvalue weighted by molar-refractivity contribution is 5.54. The van der Waals surface area contributed by atoms with Gasteiger partial charge in [-0.05, 0) is 18.6 Å². The quantitative estimate of drug-likeness (QED) is 0.526. The predicted molar refractivity (Wildman–Crippen MR) is 55.0 cm³/mol. The van der Waals surface area contributed by atoms with Gasteiger partial charge in [0.15, 0.2) is 0 Å². The number of nitrogens with zero attached hydrogens (tertiary/aromatic N) is 1. The number of carbonyl (C=O) groups is 1. The van der Waals surface area contributed by atoms with Crippen LogP contribution in [0.3, 0.4) is 0 Å². The summed E-state index contributed by atoms with van der Waals surface area (Å²) in [5, 5.41) is 1.15. The molecule has 0 N–H and O–H groups in total. The van der Waals surface area contributed by atoms with Gasteiger partial charge in [0, 0.05) is 6.20 Å². The number of hydrogen-bond donors (Lipinski definition) is 0. The zero-order chi connectivity index (χ0) is 10.2.